The van der Waals surface area contributed by atoms with Gasteiger partial charge in [-0.05, 0) is 13.0 Å². The molecule has 2 heterocycles. The number of hydrogen-bond donors (Lipinski definition) is 2. The fourth-order valence-corrected chi connectivity index (χ4v) is 2.39. The average molecular weight is 318 g/mol. The number of fused-ring (bicyclic) bond motifs is 1. The maximum Gasteiger partial charge on any atom is 0.277 e. The molecule has 0 radical (unpaired) electrons. The minimum Gasteiger partial charge on any atom is -0.454 e. The van der Waals surface area contributed by atoms with Crippen molar-refractivity contribution in [3.8, 4) is 11.5 Å². The molecule has 23 heavy (non-hydrogen) atoms. The number of aliphatic hydroxyl groups excluding tert-OH is 1. The predicted octanol–water partition coefficient (Wildman–Crippen LogP) is 0.275. The van der Waals surface area contributed by atoms with Crippen LogP contribution in [0.3, 0.4) is 0 Å². The van der Waals surface area contributed by atoms with E-state index in [4.69, 9.17) is 14.6 Å². The van der Waals surface area contributed by atoms with E-state index < -0.39 is 11.8 Å². The Kier molecular flexibility index (Phi) is 3.75. The van der Waals surface area contributed by atoms with E-state index in [-0.39, 0.29) is 31.4 Å². The van der Waals surface area contributed by atoms with E-state index >= 15 is 0 Å². The molecule has 0 fully saturated rings. The molecule has 0 saturated heterocycles. The van der Waals surface area contributed by atoms with Crippen molar-refractivity contribution in [2.45, 2.75) is 6.92 Å². The van der Waals surface area contributed by atoms with Crippen LogP contribution < -0.4 is 14.8 Å². The average Bonchev–Trinajstić information content (AvgIpc) is 3.06. The van der Waals surface area contributed by atoms with E-state index in [0.29, 0.717) is 22.7 Å². The summed E-state index contributed by atoms with van der Waals surface area (Å²) in [5, 5.41) is 11.7. The van der Waals surface area contributed by atoms with Gasteiger partial charge >= 0.3 is 0 Å². The standard InChI is InChI=1S/C15H14N2O6/c1-8(19)9-4-12-13(23-7-22-12)5-10(9)16-11-6-14(20)17(2-3-18)15(11)21/h4-6,16,18H,2-3,7H2,1H3. The quantitative estimate of drug-likeness (QED) is 0.593. The molecule has 120 valence electrons. The summed E-state index contributed by atoms with van der Waals surface area (Å²) >= 11 is 0. The van der Waals surface area contributed by atoms with Gasteiger partial charge in [-0.15, -0.1) is 0 Å². The summed E-state index contributed by atoms with van der Waals surface area (Å²) in [5.41, 5.74) is 0.695. The molecule has 2 aliphatic rings. The number of Topliss-reactive ketones (excluding diaryl/α,β-unsaturated/α-hetero) is 1. The normalized spacial score (nSPS) is 15.9. The van der Waals surface area contributed by atoms with Gasteiger partial charge in [-0.1, -0.05) is 0 Å². The van der Waals surface area contributed by atoms with Crippen LogP contribution in [0.2, 0.25) is 0 Å². The molecular weight excluding hydrogens is 304 g/mol. The zero-order chi connectivity index (χ0) is 16.6. The molecule has 8 heteroatoms. The first-order valence-electron chi connectivity index (χ1n) is 6.91. The molecule has 1 aromatic carbocycles. The van der Waals surface area contributed by atoms with Crippen LogP contribution in [0.1, 0.15) is 17.3 Å². The third-order valence-corrected chi connectivity index (χ3v) is 3.49. The number of benzene rings is 1. The molecule has 2 N–H and O–H groups in total. The Hall–Kier alpha value is -2.87. The Morgan fingerprint density at radius 1 is 1.30 bits per heavy atom. The van der Waals surface area contributed by atoms with Crippen LogP contribution in [0.5, 0.6) is 11.5 Å². The number of ketones is 1. The van der Waals surface area contributed by atoms with Crippen molar-refractivity contribution in [2.24, 2.45) is 0 Å². The lowest BCUT2D eigenvalue weighted by Crippen LogP contribution is -2.34. The van der Waals surface area contributed by atoms with Crippen molar-refractivity contribution in [3.05, 3.63) is 29.5 Å². The Bertz CT molecular complexity index is 740. The second-order valence-corrected chi connectivity index (χ2v) is 5.01. The van der Waals surface area contributed by atoms with Gasteiger partial charge in [0.2, 0.25) is 6.79 Å². The van der Waals surface area contributed by atoms with E-state index in [1.165, 1.54) is 13.0 Å². The maximum absolute atomic E-state index is 12.1. The molecule has 8 nitrogen and oxygen atoms in total. The highest BCUT2D eigenvalue weighted by molar-refractivity contribution is 6.18. The largest absolute Gasteiger partial charge is 0.454 e. The summed E-state index contributed by atoms with van der Waals surface area (Å²) < 4.78 is 10.5. The Labute approximate surface area is 131 Å². The minimum absolute atomic E-state index is 0.0322. The summed E-state index contributed by atoms with van der Waals surface area (Å²) in [6.45, 7) is 1.04. The van der Waals surface area contributed by atoms with Crippen LogP contribution in [-0.2, 0) is 9.59 Å². The fraction of sp³-hybridized carbons (Fsp3) is 0.267. The highest BCUT2D eigenvalue weighted by Crippen LogP contribution is 2.38. The van der Waals surface area contributed by atoms with Crippen molar-refractivity contribution >= 4 is 23.3 Å². The number of nitrogens with zero attached hydrogens (tertiary/aromatic N) is 1. The van der Waals surface area contributed by atoms with Gasteiger partial charge in [0.15, 0.2) is 17.3 Å². The van der Waals surface area contributed by atoms with Gasteiger partial charge in [0.25, 0.3) is 11.8 Å². The summed E-state index contributed by atoms with van der Waals surface area (Å²) in [6, 6.07) is 3.08. The highest BCUT2D eigenvalue weighted by atomic mass is 16.7. The number of anilines is 1. The molecule has 0 aliphatic carbocycles. The number of nitrogens with one attached hydrogen (secondary N) is 1. The predicted molar refractivity (Wildman–Crippen MR) is 78.1 cm³/mol. The third-order valence-electron chi connectivity index (χ3n) is 3.49. The molecular formula is C15H14N2O6. The lowest BCUT2D eigenvalue weighted by molar-refractivity contribution is -0.137. The molecule has 2 aliphatic heterocycles. The van der Waals surface area contributed by atoms with E-state index in [9.17, 15) is 14.4 Å². The van der Waals surface area contributed by atoms with Crippen molar-refractivity contribution in [1.29, 1.82) is 0 Å². The number of carbonyl (C=O) groups is 3. The number of carbonyl (C=O) groups excluding carboxylic acids is 3. The zero-order valence-electron chi connectivity index (χ0n) is 12.3. The number of rotatable bonds is 5. The number of aliphatic hydroxyl groups is 1. The minimum atomic E-state index is -0.559. The van der Waals surface area contributed by atoms with Crippen molar-refractivity contribution in [1.82, 2.24) is 4.90 Å². The van der Waals surface area contributed by atoms with Crippen molar-refractivity contribution < 1.29 is 29.0 Å². The van der Waals surface area contributed by atoms with Gasteiger partial charge in [-0.3, -0.25) is 19.3 Å². The topological polar surface area (TPSA) is 105 Å². The van der Waals surface area contributed by atoms with Crippen LogP contribution in [0.15, 0.2) is 23.9 Å². The molecule has 3 rings (SSSR count). The zero-order valence-corrected chi connectivity index (χ0v) is 12.3. The van der Waals surface area contributed by atoms with Crippen LogP contribution in [0.25, 0.3) is 0 Å². The fourth-order valence-electron chi connectivity index (χ4n) is 2.39. The molecule has 0 atom stereocenters. The summed E-state index contributed by atoms with van der Waals surface area (Å²) in [4.78, 5) is 36.6. The molecule has 1 aromatic rings. The number of β-amino-alcohol motifs (C(OH)–C–C–N with tert-alkyl or cyclic N) is 1. The van der Waals surface area contributed by atoms with Gasteiger partial charge in [-0.2, -0.15) is 0 Å². The van der Waals surface area contributed by atoms with Gasteiger partial charge in [-0.25, -0.2) is 0 Å². The van der Waals surface area contributed by atoms with E-state index in [1.54, 1.807) is 6.07 Å². The molecule has 0 saturated carbocycles. The molecule has 0 bridgehead atoms. The molecule has 2 amide bonds. The third kappa shape index (κ3) is 2.64. The van der Waals surface area contributed by atoms with Crippen LogP contribution in [-0.4, -0.2) is 47.5 Å². The Balaban J connectivity index is 1.91. The number of imide groups is 1. The van der Waals surface area contributed by atoms with Crippen molar-refractivity contribution in [2.75, 3.05) is 25.3 Å². The maximum atomic E-state index is 12.1. The molecule has 0 aromatic heterocycles. The van der Waals surface area contributed by atoms with Gasteiger partial charge < -0.3 is 19.9 Å². The first-order valence-corrected chi connectivity index (χ1v) is 6.91. The SMILES string of the molecule is CC(=O)c1cc2c(cc1NC1=CC(=O)N(CCO)C1=O)OCO2. The lowest BCUT2D eigenvalue weighted by atomic mass is 10.1. The van der Waals surface area contributed by atoms with E-state index in [0.717, 1.165) is 11.0 Å². The lowest BCUT2D eigenvalue weighted by Gasteiger charge is -2.15. The highest BCUT2D eigenvalue weighted by Gasteiger charge is 2.31. The van der Waals surface area contributed by atoms with E-state index in [1.807, 2.05) is 0 Å². The molecule has 0 unspecified atom stereocenters. The number of amides is 2. The molecule has 0 spiro atoms. The second kappa shape index (κ2) is 5.73. The summed E-state index contributed by atoms with van der Waals surface area (Å²) in [6.07, 6.45) is 1.13. The summed E-state index contributed by atoms with van der Waals surface area (Å²) in [5.74, 6) is -0.407. The number of ether oxygens (including phenoxy) is 2. The van der Waals surface area contributed by atoms with Crippen LogP contribution in [0, 0.1) is 0 Å². The smallest absolute Gasteiger partial charge is 0.277 e. The first-order chi connectivity index (χ1) is 11.0. The van der Waals surface area contributed by atoms with E-state index in [2.05, 4.69) is 5.32 Å². The van der Waals surface area contributed by atoms with Gasteiger partial charge in [0, 0.05) is 17.7 Å². The Morgan fingerprint density at radius 2 is 2.00 bits per heavy atom. The van der Waals surface area contributed by atoms with Gasteiger partial charge in [0.05, 0.1) is 18.8 Å². The first kappa shape index (κ1) is 15.0. The van der Waals surface area contributed by atoms with Crippen LogP contribution in [0.4, 0.5) is 5.69 Å². The second-order valence-electron chi connectivity index (χ2n) is 5.01. The number of hydrogen-bond acceptors (Lipinski definition) is 7. The monoisotopic (exact) mass is 318 g/mol. The Morgan fingerprint density at radius 3 is 2.65 bits per heavy atom. The summed E-state index contributed by atoms with van der Waals surface area (Å²) in [7, 11) is 0. The van der Waals surface area contributed by atoms with Crippen molar-refractivity contribution in [3.63, 3.8) is 0 Å². The van der Waals surface area contributed by atoms with Gasteiger partial charge in [0.1, 0.15) is 5.70 Å². The van der Waals surface area contributed by atoms with Crippen LogP contribution >= 0.6 is 0 Å².